The van der Waals surface area contributed by atoms with Crippen LogP contribution in [0.3, 0.4) is 0 Å². The van der Waals surface area contributed by atoms with Crippen molar-refractivity contribution in [1.29, 1.82) is 0 Å². The fourth-order valence-corrected chi connectivity index (χ4v) is 6.45. The Labute approximate surface area is 173 Å². The first-order chi connectivity index (χ1) is 13.0. The third-order valence-electron chi connectivity index (χ3n) is 4.90. The first-order valence-corrected chi connectivity index (χ1v) is 11.6. The van der Waals surface area contributed by atoms with Crippen LogP contribution in [0.5, 0.6) is 0 Å². The van der Waals surface area contributed by atoms with Crippen molar-refractivity contribution in [3.05, 3.63) is 45.1 Å². The van der Waals surface area contributed by atoms with Crippen LogP contribution >= 0.6 is 22.9 Å². The Morgan fingerprint density at radius 3 is 2.79 bits per heavy atom. The number of rotatable bonds is 4. The van der Waals surface area contributed by atoms with Gasteiger partial charge < -0.3 is 11.1 Å². The van der Waals surface area contributed by atoms with E-state index in [0.29, 0.717) is 20.5 Å². The molecule has 2 atom stereocenters. The number of hydrogen-bond acceptors (Lipinski definition) is 7. The van der Waals surface area contributed by atoms with Crippen LogP contribution in [0.4, 0.5) is 0 Å². The molecule has 3 N–H and O–H groups in total. The van der Waals surface area contributed by atoms with Crippen LogP contribution in [-0.2, 0) is 21.6 Å². The van der Waals surface area contributed by atoms with Gasteiger partial charge in [0.25, 0.3) is 5.91 Å². The SMILES string of the molecule is C=S1(=O)C[C@@](C)(c2sc(C(=O)NCc3ccncn3)cc2Cl)N=C(N)C1(C)C. The van der Waals surface area contributed by atoms with E-state index in [-0.39, 0.29) is 24.0 Å². The summed E-state index contributed by atoms with van der Waals surface area (Å²) in [6.07, 6.45) is 3.03. The zero-order valence-corrected chi connectivity index (χ0v) is 18.2. The Balaban J connectivity index is 1.88. The molecule has 1 aliphatic rings. The predicted molar refractivity (Wildman–Crippen MR) is 116 cm³/mol. The molecule has 28 heavy (non-hydrogen) atoms. The van der Waals surface area contributed by atoms with Gasteiger partial charge in [-0.3, -0.25) is 14.0 Å². The molecule has 150 valence electrons. The van der Waals surface area contributed by atoms with Crippen molar-refractivity contribution >= 4 is 50.1 Å². The minimum absolute atomic E-state index is 0.204. The number of carbonyl (C=O) groups excluding carboxylic acids is 1. The highest BCUT2D eigenvalue weighted by Gasteiger charge is 2.46. The number of nitrogens with two attached hydrogens (primary N) is 1. The Hall–Kier alpha value is -1.97. The number of halogens is 1. The molecule has 2 aromatic heterocycles. The maximum absolute atomic E-state index is 13.2. The zero-order valence-electron chi connectivity index (χ0n) is 15.9. The van der Waals surface area contributed by atoms with E-state index >= 15 is 0 Å². The quantitative estimate of drug-likeness (QED) is 0.709. The number of aromatic nitrogens is 2. The van der Waals surface area contributed by atoms with Crippen molar-refractivity contribution in [2.45, 2.75) is 37.6 Å². The maximum Gasteiger partial charge on any atom is 0.261 e. The average molecular weight is 440 g/mol. The third-order valence-corrected chi connectivity index (χ3v) is 9.80. The molecule has 0 radical (unpaired) electrons. The lowest BCUT2D eigenvalue weighted by Gasteiger charge is -2.40. The number of thiophene rings is 1. The van der Waals surface area contributed by atoms with Crippen LogP contribution in [0.2, 0.25) is 5.02 Å². The van der Waals surface area contributed by atoms with Crippen LogP contribution in [-0.4, -0.2) is 42.3 Å². The van der Waals surface area contributed by atoms with E-state index in [9.17, 15) is 9.00 Å². The van der Waals surface area contributed by atoms with Gasteiger partial charge in [-0.05, 0) is 48.3 Å². The third kappa shape index (κ3) is 3.66. The summed E-state index contributed by atoms with van der Waals surface area (Å²) in [5.41, 5.74) is 5.93. The second kappa shape index (κ2) is 7.13. The molecule has 0 fully saturated rings. The van der Waals surface area contributed by atoms with E-state index in [4.69, 9.17) is 17.3 Å². The smallest absolute Gasteiger partial charge is 0.261 e. The molecule has 0 aromatic carbocycles. The summed E-state index contributed by atoms with van der Waals surface area (Å²) < 4.78 is 12.4. The monoisotopic (exact) mass is 439 g/mol. The van der Waals surface area contributed by atoms with Gasteiger partial charge in [-0.25, -0.2) is 9.97 Å². The van der Waals surface area contributed by atoms with Crippen molar-refractivity contribution in [1.82, 2.24) is 15.3 Å². The van der Waals surface area contributed by atoms with Crippen molar-refractivity contribution in [2.75, 3.05) is 5.75 Å². The highest BCUT2D eigenvalue weighted by atomic mass is 35.5. The molecule has 1 amide bonds. The average Bonchev–Trinajstić information content (AvgIpc) is 3.01. The molecular formula is C18H22ClN5O2S2. The van der Waals surface area contributed by atoms with Crippen molar-refractivity contribution in [2.24, 2.45) is 10.7 Å². The second-order valence-electron chi connectivity index (χ2n) is 7.41. The van der Waals surface area contributed by atoms with Gasteiger partial charge in [0.05, 0.1) is 31.8 Å². The summed E-state index contributed by atoms with van der Waals surface area (Å²) in [6, 6.07) is 3.32. The molecular weight excluding hydrogens is 418 g/mol. The van der Waals surface area contributed by atoms with Crippen LogP contribution in [0, 0.1) is 0 Å². The highest BCUT2D eigenvalue weighted by molar-refractivity contribution is 8.02. The number of amidine groups is 1. The van der Waals surface area contributed by atoms with Crippen LogP contribution < -0.4 is 11.1 Å². The second-order valence-corrected chi connectivity index (χ2v) is 11.8. The standard InChI is InChI=1S/C18H22ClN5O2S2/c1-17(2)16(20)24-18(3,9-28(17,4)26)14-12(19)7-13(27-14)15(25)22-8-11-5-6-21-10-23-11/h5-7,10H,4,8-9H2,1-3H3,(H2,20,24)(H,22,25)/t18-,28?/m0/s1. The fraction of sp³-hybridized carbons (Fsp3) is 0.389. The number of carbonyl (C=O) groups is 1. The molecule has 3 heterocycles. The van der Waals surface area contributed by atoms with Crippen LogP contribution in [0.25, 0.3) is 0 Å². The van der Waals surface area contributed by atoms with Crippen molar-refractivity contribution in [3.63, 3.8) is 0 Å². The van der Waals surface area contributed by atoms with Crippen LogP contribution in [0.1, 0.15) is 41.0 Å². The zero-order chi connectivity index (χ0) is 20.7. The first-order valence-electron chi connectivity index (χ1n) is 8.49. The summed E-state index contributed by atoms with van der Waals surface area (Å²) in [7, 11) is -2.56. The van der Waals surface area contributed by atoms with Gasteiger partial charge in [-0.15, -0.1) is 11.3 Å². The Morgan fingerprint density at radius 1 is 1.46 bits per heavy atom. The molecule has 1 aliphatic heterocycles. The minimum atomic E-state index is -2.56. The lowest BCUT2D eigenvalue weighted by molar-refractivity contribution is 0.0954. The molecule has 0 aliphatic carbocycles. The van der Waals surface area contributed by atoms with E-state index in [0.717, 1.165) is 0 Å². The predicted octanol–water partition coefficient (Wildman–Crippen LogP) is 2.20. The largest absolute Gasteiger partial charge is 0.386 e. The van der Waals surface area contributed by atoms with E-state index < -0.39 is 19.8 Å². The van der Waals surface area contributed by atoms with Gasteiger partial charge in [0, 0.05) is 11.9 Å². The number of hydrogen-bond donors (Lipinski definition) is 2. The molecule has 0 bridgehead atoms. The molecule has 10 heteroatoms. The summed E-state index contributed by atoms with van der Waals surface area (Å²) in [5, 5.41) is 3.20. The van der Waals surface area contributed by atoms with Crippen LogP contribution in [0.15, 0.2) is 29.6 Å². The summed E-state index contributed by atoms with van der Waals surface area (Å²) in [5.74, 6) is 4.13. The number of nitrogens with zero attached hydrogens (tertiary/aromatic N) is 3. The van der Waals surface area contributed by atoms with Gasteiger partial charge in [-0.2, -0.15) is 0 Å². The molecule has 1 unspecified atom stereocenters. The lowest BCUT2D eigenvalue weighted by Crippen LogP contribution is -2.54. The molecule has 2 aromatic rings. The van der Waals surface area contributed by atoms with E-state index in [1.54, 1.807) is 32.2 Å². The normalized spacial score (nSPS) is 26.5. The Morgan fingerprint density at radius 2 is 2.18 bits per heavy atom. The first kappa shape index (κ1) is 20.8. The molecule has 0 spiro atoms. The van der Waals surface area contributed by atoms with Crippen molar-refractivity contribution in [3.8, 4) is 0 Å². The molecule has 0 saturated carbocycles. The van der Waals surface area contributed by atoms with E-state index in [1.165, 1.54) is 17.7 Å². The highest BCUT2D eigenvalue weighted by Crippen LogP contribution is 2.43. The number of amides is 1. The summed E-state index contributed by atoms with van der Waals surface area (Å²) in [4.78, 5) is 26.1. The summed E-state index contributed by atoms with van der Waals surface area (Å²) >= 11 is 7.65. The van der Waals surface area contributed by atoms with Gasteiger partial charge in [0.2, 0.25) is 0 Å². The van der Waals surface area contributed by atoms with E-state index in [2.05, 4.69) is 26.1 Å². The van der Waals surface area contributed by atoms with Crippen molar-refractivity contribution < 1.29 is 9.00 Å². The minimum Gasteiger partial charge on any atom is -0.386 e. The number of aliphatic imine (C=N–C) groups is 1. The lowest BCUT2D eigenvalue weighted by atomic mass is 10.0. The molecule has 7 nitrogen and oxygen atoms in total. The Kier molecular flexibility index (Phi) is 5.28. The topological polar surface area (TPSA) is 110 Å². The van der Waals surface area contributed by atoms with Gasteiger partial charge >= 0.3 is 0 Å². The molecule has 0 saturated heterocycles. The molecule has 3 rings (SSSR count). The summed E-state index contributed by atoms with van der Waals surface area (Å²) in [6.45, 7) is 5.65. The van der Waals surface area contributed by atoms with Gasteiger partial charge in [-0.1, -0.05) is 11.6 Å². The fourth-order valence-electron chi connectivity index (χ4n) is 2.90. The van der Waals surface area contributed by atoms with Gasteiger partial charge in [0.15, 0.2) is 0 Å². The number of nitrogens with one attached hydrogen (secondary N) is 1. The van der Waals surface area contributed by atoms with E-state index in [1.807, 2.05) is 6.92 Å². The van der Waals surface area contributed by atoms with Gasteiger partial charge in [0.1, 0.15) is 17.7 Å². The Bertz CT molecular complexity index is 1050. The maximum atomic E-state index is 13.2.